The summed E-state index contributed by atoms with van der Waals surface area (Å²) in [7, 11) is -3.65. The number of benzene rings is 2. The Labute approximate surface area is 166 Å². The van der Waals surface area contributed by atoms with Crippen molar-refractivity contribution >= 4 is 27.2 Å². The lowest BCUT2D eigenvalue weighted by molar-refractivity contribution is 0.601. The first-order valence-electron chi connectivity index (χ1n) is 9.18. The molecule has 0 amide bonds. The summed E-state index contributed by atoms with van der Waals surface area (Å²) >= 11 is 0. The summed E-state index contributed by atoms with van der Waals surface area (Å²) in [5.41, 5.74) is 4.84. The minimum absolute atomic E-state index is 0.231. The van der Waals surface area contributed by atoms with Gasteiger partial charge in [-0.15, -0.1) is 0 Å². The third-order valence-electron chi connectivity index (χ3n) is 4.74. The number of nitrogens with zero attached hydrogens (tertiary/aromatic N) is 1. The molecule has 0 aliphatic rings. The van der Waals surface area contributed by atoms with Gasteiger partial charge in [0.25, 0.3) is 10.0 Å². The van der Waals surface area contributed by atoms with Crippen molar-refractivity contribution in [2.24, 2.45) is 0 Å². The number of pyridine rings is 1. The maximum atomic E-state index is 12.6. The predicted octanol–water partition coefficient (Wildman–Crippen LogP) is 5.37. The molecule has 0 aliphatic heterocycles. The Balaban J connectivity index is 1.73. The summed E-state index contributed by atoms with van der Waals surface area (Å²) in [5, 5.41) is 3.26. The molecule has 2 N–H and O–H groups in total. The molecule has 0 aliphatic carbocycles. The Hall–Kier alpha value is -2.86. The third kappa shape index (κ3) is 4.51. The molecule has 0 bridgehead atoms. The highest BCUT2D eigenvalue weighted by atomic mass is 32.2. The zero-order valence-electron chi connectivity index (χ0n) is 16.5. The Morgan fingerprint density at radius 2 is 1.64 bits per heavy atom. The molecule has 0 atom stereocenters. The molecular formula is C22H25N3O2S. The molecule has 0 saturated carbocycles. The highest BCUT2D eigenvalue weighted by Gasteiger charge is 2.15. The SMILES string of the molecule is Cc1cccc(Nc2ccc(NS(=O)(=O)c3ccc(C(C)C)cc3)cn2)c1C. The van der Waals surface area contributed by atoms with E-state index >= 15 is 0 Å². The Bertz CT molecular complexity index is 1060. The monoisotopic (exact) mass is 395 g/mol. The lowest BCUT2D eigenvalue weighted by Crippen LogP contribution is -2.13. The van der Waals surface area contributed by atoms with Gasteiger partial charge in [-0.05, 0) is 66.8 Å². The molecule has 6 heteroatoms. The van der Waals surface area contributed by atoms with E-state index in [2.05, 4.69) is 41.9 Å². The van der Waals surface area contributed by atoms with E-state index < -0.39 is 10.0 Å². The Morgan fingerprint density at radius 3 is 2.25 bits per heavy atom. The van der Waals surface area contributed by atoms with Crippen molar-refractivity contribution in [3.8, 4) is 0 Å². The molecule has 5 nitrogen and oxygen atoms in total. The molecule has 28 heavy (non-hydrogen) atoms. The molecule has 0 fully saturated rings. The normalized spacial score (nSPS) is 11.5. The second-order valence-corrected chi connectivity index (χ2v) is 8.82. The highest BCUT2D eigenvalue weighted by molar-refractivity contribution is 7.92. The van der Waals surface area contributed by atoms with E-state index in [9.17, 15) is 8.42 Å². The average Bonchev–Trinajstić information content (AvgIpc) is 2.67. The van der Waals surface area contributed by atoms with Crippen molar-refractivity contribution in [2.45, 2.75) is 38.5 Å². The molecule has 1 heterocycles. The van der Waals surface area contributed by atoms with Gasteiger partial charge in [0.2, 0.25) is 0 Å². The fourth-order valence-electron chi connectivity index (χ4n) is 2.80. The van der Waals surface area contributed by atoms with E-state index in [1.54, 1.807) is 24.3 Å². The van der Waals surface area contributed by atoms with Crippen LogP contribution < -0.4 is 10.0 Å². The van der Waals surface area contributed by atoms with Crippen LogP contribution in [0.1, 0.15) is 36.5 Å². The molecule has 3 aromatic rings. The molecule has 0 radical (unpaired) electrons. The van der Waals surface area contributed by atoms with Crippen molar-refractivity contribution in [1.82, 2.24) is 4.98 Å². The van der Waals surface area contributed by atoms with Gasteiger partial charge >= 0.3 is 0 Å². The van der Waals surface area contributed by atoms with Crippen LogP contribution in [0.3, 0.4) is 0 Å². The van der Waals surface area contributed by atoms with Crippen LogP contribution in [0.4, 0.5) is 17.2 Å². The summed E-state index contributed by atoms with van der Waals surface area (Å²) < 4.78 is 27.7. The minimum Gasteiger partial charge on any atom is -0.340 e. The quantitative estimate of drug-likeness (QED) is 0.589. The molecular weight excluding hydrogens is 370 g/mol. The van der Waals surface area contributed by atoms with E-state index in [0.29, 0.717) is 17.4 Å². The van der Waals surface area contributed by atoms with Crippen molar-refractivity contribution in [2.75, 3.05) is 10.0 Å². The van der Waals surface area contributed by atoms with Crippen LogP contribution in [0.5, 0.6) is 0 Å². The van der Waals surface area contributed by atoms with E-state index in [1.807, 2.05) is 31.2 Å². The first-order chi connectivity index (χ1) is 13.3. The number of sulfonamides is 1. The standard InChI is InChI=1S/C22H25N3O2S/c1-15(2)18-8-11-20(12-9-18)28(26,27)25-19-10-13-22(23-14-19)24-21-7-5-6-16(3)17(21)4/h5-15,25H,1-4H3,(H,23,24). The number of anilines is 3. The lowest BCUT2D eigenvalue weighted by atomic mass is 10.0. The van der Waals surface area contributed by atoms with Gasteiger partial charge in [0.1, 0.15) is 5.82 Å². The molecule has 0 unspecified atom stereocenters. The molecule has 2 aromatic carbocycles. The smallest absolute Gasteiger partial charge is 0.261 e. The van der Waals surface area contributed by atoms with E-state index in [1.165, 1.54) is 11.8 Å². The predicted molar refractivity (Wildman–Crippen MR) is 115 cm³/mol. The molecule has 3 rings (SSSR count). The van der Waals surface area contributed by atoms with Crippen LogP contribution in [-0.2, 0) is 10.0 Å². The molecule has 146 valence electrons. The van der Waals surface area contributed by atoms with Gasteiger partial charge in [0.15, 0.2) is 0 Å². The van der Waals surface area contributed by atoms with E-state index in [0.717, 1.165) is 16.8 Å². The van der Waals surface area contributed by atoms with Crippen LogP contribution in [0, 0.1) is 13.8 Å². The highest BCUT2D eigenvalue weighted by Crippen LogP contribution is 2.23. The van der Waals surface area contributed by atoms with Gasteiger partial charge in [0, 0.05) is 5.69 Å². The lowest BCUT2D eigenvalue weighted by Gasteiger charge is -2.12. The fourth-order valence-corrected chi connectivity index (χ4v) is 3.84. The van der Waals surface area contributed by atoms with Gasteiger partial charge in [-0.25, -0.2) is 13.4 Å². The van der Waals surface area contributed by atoms with Gasteiger partial charge in [-0.2, -0.15) is 0 Å². The van der Waals surface area contributed by atoms with Gasteiger partial charge in [-0.3, -0.25) is 4.72 Å². The molecule has 0 spiro atoms. The average molecular weight is 396 g/mol. The van der Waals surface area contributed by atoms with Crippen LogP contribution in [-0.4, -0.2) is 13.4 Å². The zero-order valence-corrected chi connectivity index (χ0v) is 17.3. The molecule has 0 saturated heterocycles. The number of hydrogen-bond donors (Lipinski definition) is 2. The van der Waals surface area contributed by atoms with E-state index in [4.69, 9.17) is 0 Å². The first-order valence-corrected chi connectivity index (χ1v) is 10.7. The maximum absolute atomic E-state index is 12.6. The van der Waals surface area contributed by atoms with E-state index in [-0.39, 0.29) is 4.90 Å². The Kier molecular flexibility index (Phi) is 5.70. The van der Waals surface area contributed by atoms with Crippen molar-refractivity contribution < 1.29 is 8.42 Å². The second kappa shape index (κ2) is 8.02. The number of rotatable bonds is 6. The number of hydrogen-bond acceptors (Lipinski definition) is 4. The van der Waals surface area contributed by atoms with Crippen LogP contribution in [0.2, 0.25) is 0 Å². The fraction of sp³-hybridized carbons (Fsp3) is 0.227. The summed E-state index contributed by atoms with van der Waals surface area (Å²) in [6.45, 7) is 8.24. The number of aromatic nitrogens is 1. The summed E-state index contributed by atoms with van der Waals surface area (Å²) in [4.78, 5) is 4.55. The van der Waals surface area contributed by atoms with Crippen LogP contribution >= 0.6 is 0 Å². The Morgan fingerprint density at radius 1 is 0.929 bits per heavy atom. The third-order valence-corrected chi connectivity index (χ3v) is 6.14. The summed E-state index contributed by atoms with van der Waals surface area (Å²) in [6.07, 6.45) is 1.51. The number of nitrogens with one attached hydrogen (secondary N) is 2. The van der Waals surface area contributed by atoms with Gasteiger partial charge in [0.05, 0.1) is 16.8 Å². The summed E-state index contributed by atoms with van der Waals surface area (Å²) in [6, 6.07) is 16.4. The molecule has 1 aromatic heterocycles. The topological polar surface area (TPSA) is 71.1 Å². The van der Waals surface area contributed by atoms with Crippen LogP contribution in [0.15, 0.2) is 65.7 Å². The van der Waals surface area contributed by atoms with Crippen molar-refractivity contribution in [3.05, 3.63) is 77.5 Å². The minimum atomic E-state index is -3.65. The van der Waals surface area contributed by atoms with Gasteiger partial charge < -0.3 is 5.32 Å². The number of aryl methyl sites for hydroxylation is 1. The second-order valence-electron chi connectivity index (χ2n) is 7.13. The summed E-state index contributed by atoms with van der Waals surface area (Å²) in [5.74, 6) is 1.00. The van der Waals surface area contributed by atoms with Crippen molar-refractivity contribution in [1.29, 1.82) is 0 Å². The van der Waals surface area contributed by atoms with Gasteiger partial charge in [-0.1, -0.05) is 38.1 Å². The van der Waals surface area contributed by atoms with Crippen LogP contribution in [0.25, 0.3) is 0 Å². The zero-order chi connectivity index (χ0) is 20.3. The van der Waals surface area contributed by atoms with Crippen molar-refractivity contribution in [3.63, 3.8) is 0 Å². The first kappa shape index (κ1) is 19.9. The maximum Gasteiger partial charge on any atom is 0.261 e. The largest absolute Gasteiger partial charge is 0.340 e.